The second kappa shape index (κ2) is 7.93. The van der Waals surface area contributed by atoms with E-state index in [0.717, 1.165) is 11.8 Å². The van der Waals surface area contributed by atoms with E-state index in [1.165, 1.54) is 23.1 Å². The molecule has 0 aromatic carbocycles. The molecule has 0 saturated carbocycles. The van der Waals surface area contributed by atoms with Crippen LogP contribution in [0.5, 0.6) is 0 Å². The van der Waals surface area contributed by atoms with E-state index in [1.54, 1.807) is 0 Å². The van der Waals surface area contributed by atoms with Crippen LogP contribution in [-0.4, -0.2) is 28.4 Å². The SMILES string of the molecule is FCCSc1nnc(SCCC(F)=C(F)F)s1. The van der Waals surface area contributed by atoms with Crippen LogP contribution in [0, 0.1) is 0 Å². The number of allylic oxidation sites excluding steroid dienone is 1. The van der Waals surface area contributed by atoms with Gasteiger partial charge in [-0.2, -0.15) is 8.78 Å². The van der Waals surface area contributed by atoms with Crippen LogP contribution in [0.25, 0.3) is 0 Å². The molecule has 0 aliphatic carbocycles. The fourth-order valence-electron chi connectivity index (χ4n) is 0.762. The molecule has 1 aromatic rings. The van der Waals surface area contributed by atoms with Crippen molar-refractivity contribution in [1.82, 2.24) is 10.2 Å². The Morgan fingerprint density at radius 2 is 1.65 bits per heavy atom. The maximum absolute atomic E-state index is 12.4. The minimum atomic E-state index is -2.28. The van der Waals surface area contributed by atoms with Crippen LogP contribution in [0.1, 0.15) is 6.42 Å². The van der Waals surface area contributed by atoms with Crippen molar-refractivity contribution in [2.45, 2.75) is 15.1 Å². The van der Waals surface area contributed by atoms with Gasteiger partial charge in [0.2, 0.25) is 0 Å². The number of aromatic nitrogens is 2. The molecule has 0 saturated heterocycles. The van der Waals surface area contributed by atoms with Crippen molar-refractivity contribution in [3.05, 3.63) is 11.9 Å². The topological polar surface area (TPSA) is 25.8 Å². The van der Waals surface area contributed by atoms with Crippen molar-refractivity contribution in [3.63, 3.8) is 0 Å². The minimum Gasteiger partial charge on any atom is -0.250 e. The van der Waals surface area contributed by atoms with Gasteiger partial charge in [-0.25, -0.2) is 4.39 Å². The number of rotatable bonds is 7. The fraction of sp³-hybridized carbons (Fsp3) is 0.500. The average molecular weight is 304 g/mol. The third kappa shape index (κ3) is 5.73. The number of hydrogen-bond acceptors (Lipinski definition) is 5. The molecule has 0 spiro atoms. The van der Waals surface area contributed by atoms with Gasteiger partial charge >= 0.3 is 6.08 Å². The molecule has 0 radical (unpaired) electrons. The van der Waals surface area contributed by atoms with E-state index in [4.69, 9.17) is 0 Å². The summed E-state index contributed by atoms with van der Waals surface area (Å²) in [6.45, 7) is -0.446. The predicted molar refractivity (Wildman–Crippen MR) is 62.3 cm³/mol. The zero-order chi connectivity index (χ0) is 12.7. The molecule has 0 aliphatic heterocycles. The van der Waals surface area contributed by atoms with Crippen LogP contribution >= 0.6 is 34.9 Å². The summed E-state index contributed by atoms with van der Waals surface area (Å²) < 4.78 is 49.0. The van der Waals surface area contributed by atoms with Crippen LogP contribution in [-0.2, 0) is 0 Å². The average Bonchev–Trinajstić information content (AvgIpc) is 2.74. The van der Waals surface area contributed by atoms with Crippen molar-refractivity contribution >= 4 is 34.9 Å². The van der Waals surface area contributed by atoms with Crippen LogP contribution in [0.15, 0.2) is 20.6 Å². The first-order valence-corrected chi connectivity index (χ1v) is 7.27. The third-order valence-electron chi connectivity index (χ3n) is 1.44. The number of halogens is 4. The second-order valence-electron chi connectivity index (χ2n) is 2.64. The van der Waals surface area contributed by atoms with E-state index in [0.29, 0.717) is 14.4 Å². The molecule has 1 aromatic heterocycles. The Morgan fingerprint density at radius 3 is 2.18 bits per heavy atom. The summed E-state index contributed by atoms with van der Waals surface area (Å²) in [4.78, 5) is 0. The number of nitrogens with zero attached hydrogens (tertiary/aromatic N) is 2. The normalized spacial score (nSPS) is 10.6. The van der Waals surface area contributed by atoms with Crippen LogP contribution in [0.4, 0.5) is 17.6 Å². The van der Waals surface area contributed by atoms with E-state index in [9.17, 15) is 17.6 Å². The smallest absolute Gasteiger partial charge is 0.250 e. The van der Waals surface area contributed by atoms with E-state index < -0.39 is 18.6 Å². The van der Waals surface area contributed by atoms with Gasteiger partial charge in [0.15, 0.2) is 14.5 Å². The summed E-state index contributed by atoms with van der Waals surface area (Å²) in [6.07, 6.45) is -2.61. The summed E-state index contributed by atoms with van der Waals surface area (Å²) >= 11 is 3.63. The first-order valence-electron chi connectivity index (χ1n) is 4.48. The zero-order valence-electron chi connectivity index (χ0n) is 8.46. The molecule has 17 heavy (non-hydrogen) atoms. The Kier molecular flexibility index (Phi) is 6.90. The number of alkyl halides is 1. The van der Waals surface area contributed by atoms with Crippen molar-refractivity contribution in [1.29, 1.82) is 0 Å². The van der Waals surface area contributed by atoms with E-state index in [-0.39, 0.29) is 12.2 Å². The van der Waals surface area contributed by atoms with Crippen molar-refractivity contribution in [2.24, 2.45) is 0 Å². The molecule has 0 bridgehead atoms. The summed E-state index contributed by atoms with van der Waals surface area (Å²) in [5.41, 5.74) is 0. The van der Waals surface area contributed by atoms with Crippen molar-refractivity contribution in [3.8, 4) is 0 Å². The van der Waals surface area contributed by atoms with Gasteiger partial charge in [0, 0.05) is 17.9 Å². The molecule has 0 amide bonds. The van der Waals surface area contributed by atoms with Gasteiger partial charge < -0.3 is 0 Å². The molecule has 0 unspecified atom stereocenters. The van der Waals surface area contributed by atoms with E-state index in [1.807, 2.05) is 0 Å². The van der Waals surface area contributed by atoms with E-state index in [2.05, 4.69) is 10.2 Å². The fourth-order valence-corrected chi connectivity index (χ4v) is 3.58. The molecular weight excluding hydrogens is 296 g/mol. The van der Waals surface area contributed by atoms with Gasteiger partial charge in [-0.15, -0.1) is 10.2 Å². The Morgan fingerprint density at radius 1 is 1.06 bits per heavy atom. The highest BCUT2D eigenvalue weighted by molar-refractivity contribution is 8.03. The molecule has 1 rings (SSSR count). The highest BCUT2D eigenvalue weighted by atomic mass is 32.2. The zero-order valence-corrected chi connectivity index (χ0v) is 10.9. The summed E-state index contributed by atoms with van der Waals surface area (Å²) in [5, 5.41) is 7.55. The molecule has 0 N–H and O–H groups in total. The van der Waals surface area contributed by atoms with Gasteiger partial charge in [0.05, 0.1) is 6.67 Å². The number of thioether (sulfide) groups is 2. The summed E-state index contributed by atoms with van der Waals surface area (Å²) in [7, 11) is 0. The Hall–Kier alpha value is -0.280. The maximum Gasteiger partial charge on any atom is 0.301 e. The van der Waals surface area contributed by atoms with Crippen LogP contribution < -0.4 is 0 Å². The Bertz CT molecular complexity index is 379. The maximum atomic E-state index is 12.4. The van der Waals surface area contributed by atoms with Crippen LogP contribution in [0.3, 0.4) is 0 Å². The first kappa shape index (κ1) is 14.8. The Balaban J connectivity index is 2.32. The lowest BCUT2D eigenvalue weighted by Gasteiger charge is -1.94. The molecular formula is C8H8F4N2S3. The van der Waals surface area contributed by atoms with Gasteiger partial charge in [-0.1, -0.05) is 34.9 Å². The standard InChI is InChI=1S/C8H8F4N2S3/c9-2-4-16-8-14-13-7(17-8)15-3-1-5(10)6(11)12/h1-4H2. The third-order valence-corrected chi connectivity index (χ3v) is 4.59. The predicted octanol–water partition coefficient (Wildman–Crippen LogP) is 4.16. The summed E-state index contributed by atoms with van der Waals surface area (Å²) in [6, 6.07) is 0. The highest BCUT2D eigenvalue weighted by Crippen LogP contribution is 2.29. The van der Waals surface area contributed by atoms with Crippen LogP contribution in [0.2, 0.25) is 0 Å². The van der Waals surface area contributed by atoms with E-state index >= 15 is 0 Å². The highest BCUT2D eigenvalue weighted by Gasteiger charge is 2.08. The molecule has 0 aliphatic rings. The molecule has 2 nitrogen and oxygen atoms in total. The molecule has 96 valence electrons. The second-order valence-corrected chi connectivity index (χ2v) is 6.30. The lowest BCUT2D eigenvalue weighted by molar-refractivity contribution is 0.373. The first-order chi connectivity index (χ1) is 8.13. The lowest BCUT2D eigenvalue weighted by atomic mass is 10.4. The van der Waals surface area contributed by atoms with Crippen molar-refractivity contribution < 1.29 is 17.6 Å². The monoisotopic (exact) mass is 304 g/mol. The minimum absolute atomic E-state index is 0.172. The summed E-state index contributed by atoms with van der Waals surface area (Å²) in [5.74, 6) is -0.913. The van der Waals surface area contributed by atoms with Gasteiger partial charge in [0.1, 0.15) is 0 Å². The van der Waals surface area contributed by atoms with Gasteiger partial charge in [-0.3, -0.25) is 4.39 Å². The van der Waals surface area contributed by atoms with Crippen molar-refractivity contribution in [2.75, 3.05) is 18.2 Å². The largest absolute Gasteiger partial charge is 0.301 e. The molecule has 0 fully saturated rings. The quantitative estimate of drug-likeness (QED) is 0.558. The molecule has 0 atom stereocenters. The molecule has 9 heteroatoms. The molecule has 1 heterocycles. The van der Waals surface area contributed by atoms with Gasteiger partial charge in [-0.05, 0) is 0 Å². The van der Waals surface area contributed by atoms with Gasteiger partial charge in [0.25, 0.3) is 0 Å². The Labute approximate surface area is 108 Å². The number of hydrogen-bond donors (Lipinski definition) is 0. The lowest BCUT2D eigenvalue weighted by Crippen LogP contribution is -1.82.